The molecule has 0 spiro atoms. The van der Waals surface area contributed by atoms with E-state index >= 15 is 0 Å². The summed E-state index contributed by atoms with van der Waals surface area (Å²) >= 11 is 6.34. The molecule has 7 nitrogen and oxygen atoms in total. The third kappa shape index (κ3) is 3.85. The van der Waals surface area contributed by atoms with Gasteiger partial charge in [-0.3, -0.25) is 9.89 Å². The van der Waals surface area contributed by atoms with Crippen LogP contribution in [-0.4, -0.2) is 38.3 Å². The molecule has 178 valence electrons. The maximum atomic E-state index is 13.5. The molecule has 0 aliphatic carbocycles. The number of nitrogens with zero attached hydrogens (tertiary/aromatic N) is 2. The Hall–Kier alpha value is -4.04. The van der Waals surface area contributed by atoms with E-state index in [-0.39, 0.29) is 41.2 Å². The lowest BCUT2D eigenvalue weighted by atomic mass is 9.94. The number of nitrogens with one attached hydrogen (secondary N) is 1. The molecule has 0 bridgehead atoms. The molecular weight excluding hydrogens is 473 g/mol. The predicted molar refractivity (Wildman–Crippen MR) is 128 cm³/mol. The number of fused-ring (bicyclic) bond motifs is 1. The van der Waals surface area contributed by atoms with Gasteiger partial charge < -0.3 is 19.8 Å². The van der Waals surface area contributed by atoms with E-state index in [1.165, 1.54) is 25.3 Å². The number of amides is 1. The minimum atomic E-state index is -0.634. The van der Waals surface area contributed by atoms with Crippen LogP contribution in [0, 0.1) is 12.7 Å². The third-order valence-corrected chi connectivity index (χ3v) is 6.59. The number of aromatic hydroxyl groups is 2. The average molecular weight is 494 g/mol. The van der Waals surface area contributed by atoms with Crippen molar-refractivity contribution in [3.8, 4) is 28.5 Å². The number of carbonyl (C=O) groups is 1. The van der Waals surface area contributed by atoms with Gasteiger partial charge in [0.1, 0.15) is 23.0 Å². The first-order valence-corrected chi connectivity index (χ1v) is 11.2. The van der Waals surface area contributed by atoms with Gasteiger partial charge in [0.05, 0.1) is 13.2 Å². The van der Waals surface area contributed by atoms with Crippen LogP contribution in [0.1, 0.15) is 38.8 Å². The van der Waals surface area contributed by atoms with E-state index in [2.05, 4.69) is 10.2 Å². The largest absolute Gasteiger partial charge is 0.507 e. The number of H-pyrrole nitrogens is 1. The molecule has 0 radical (unpaired) electrons. The standard InChI is InChI=1S/C26H21ClFN3O4/c1-13-9-20(33)17(11-18(13)27)23-22-24(30-29-23)26(34)31(12-14-3-6-16(28)7-4-14)25(22)15-5-8-19(32)21(10-15)35-2/h3-11,25,32-33H,12H2,1-2H3,(H,29,30). The molecule has 4 aromatic rings. The molecule has 9 heteroatoms. The average Bonchev–Trinajstić information content (AvgIpc) is 3.37. The SMILES string of the molecule is COc1cc(C2c3c(-c4cc(Cl)c(C)cc4O)n[nH]c3C(=O)N2Cc2ccc(F)cc2)ccc1O. The van der Waals surface area contributed by atoms with E-state index < -0.39 is 6.04 Å². The first kappa shape index (κ1) is 22.7. The molecule has 0 fully saturated rings. The molecule has 1 amide bonds. The molecule has 1 aliphatic heterocycles. The predicted octanol–water partition coefficient (Wildman–Crippen LogP) is 5.34. The maximum absolute atomic E-state index is 13.5. The lowest BCUT2D eigenvalue weighted by molar-refractivity contribution is 0.0730. The number of halogens is 2. The number of hydrogen-bond donors (Lipinski definition) is 3. The van der Waals surface area contributed by atoms with Crippen LogP contribution >= 0.6 is 11.6 Å². The number of aromatic amines is 1. The van der Waals surface area contributed by atoms with E-state index in [1.807, 2.05) is 0 Å². The monoisotopic (exact) mass is 493 g/mol. The second kappa shape index (κ2) is 8.63. The van der Waals surface area contributed by atoms with Crippen molar-refractivity contribution in [1.82, 2.24) is 15.1 Å². The first-order chi connectivity index (χ1) is 16.8. The van der Waals surface area contributed by atoms with E-state index in [4.69, 9.17) is 16.3 Å². The second-order valence-corrected chi connectivity index (χ2v) is 8.78. The molecule has 3 N–H and O–H groups in total. The first-order valence-electron chi connectivity index (χ1n) is 10.8. The van der Waals surface area contributed by atoms with Crippen LogP contribution in [0.4, 0.5) is 4.39 Å². The Balaban J connectivity index is 1.69. The van der Waals surface area contributed by atoms with E-state index in [0.717, 1.165) is 5.56 Å². The molecule has 2 heterocycles. The topological polar surface area (TPSA) is 98.7 Å². The van der Waals surface area contributed by atoms with Crippen LogP contribution in [0.5, 0.6) is 17.2 Å². The summed E-state index contributed by atoms with van der Waals surface area (Å²) in [6, 6.07) is 13.3. The van der Waals surface area contributed by atoms with Gasteiger partial charge in [0, 0.05) is 22.7 Å². The summed E-state index contributed by atoms with van der Waals surface area (Å²) < 4.78 is 18.8. The maximum Gasteiger partial charge on any atom is 0.273 e. The number of ether oxygens (including phenoxy) is 1. The summed E-state index contributed by atoms with van der Waals surface area (Å²) in [6.45, 7) is 1.97. The number of phenolic OH excluding ortho intramolecular Hbond substituents is 2. The van der Waals surface area contributed by atoms with Crippen molar-refractivity contribution in [2.24, 2.45) is 0 Å². The van der Waals surface area contributed by atoms with Crippen LogP contribution in [0.25, 0.3) is 11.3 Å². The highest BCUT2D eigenvalue weighted by atomic mass is 35.5. The van der Waals surface area contributed by atoms with Gasteiger partial charge in [0.15, 0.2) is 11.5 Å². The Morgan fingerprint density at radius 1 is 1.11 bits per heavy atom. The molecule has 1 unspecified atom stereocenters. The smallest absolute Gasteiger partial charge is 0.273 e. The molecule has 0 saturated carbocycles. The number of rotatable bonds is 5. The Morgan fingerprint density at radius 3 is 2.57 bits per heavy atom. The Labute approximate surface area is 205 Å². The Bertz CT molecular complexity index is 1450. The molecule has 5 rings (SSSR count). The lowest BCUT2D eigenvalue weighted by Crippen LogP contribution is -2.29. The van der Waals surface area contributed by atoms with Crippen molar-refractivity contribution < 1.29 is 24.1 Å². The van der Waals surface area contributed by atoms with Crippen LogP contribution in [0.2, 0.25) is 5.02 Å². The zero-order valence-corrected chi connectivity index (χ0v) is 19.6. The highest BCUT2D eigenvalue weighted by Crippen LogP contribution is 2.47. The van der Waals surface area contributed by atoms with Crippen molar-refractivity contribution in [2.75, 3.05) is 7.11 Å². The lowest BCUT2D eigenvalue weighted by Gasteiger charge is -2.27. The molecule has 35 heavy (non-hydrogen) atoms. The number of benzene rings is 3. The molecule has 3 aromatic carbocycles. The van der Waals surface area contributed by atoms with E-state index in [9.17, 15) is 19.4 Å². The van der Waals surface area contributed by atoms with Crippen LogP contribution in [-0.2, 0) is 6.54 Å². The molecular formula is C26H21ClFN3O4. The van der Waals surface area contributed by atoms with Gasteiger partial charge in [-0.15, -0.1) is 0 Å². The zero-order chi connectivity index (χ0) is 24.9. The van der Waals surface area contributed by atoms with E-state index in [1.54, 1.807) is 48.2 Å². The number of carbonyl (C=O) groups excluding carboxylic acids is 1. The summed E-state index contributed by atoms with van der Waals surface area (Å²) in [5.41, 5.74) is 3.69. The zero-order valence-electron chi connectivity index (χ0n) is 18.8. The van der Waals surface area contributed by atoms with Crippen LogP contribution in [0.15, 0.2) is 54.6 Å². The van der Waals surface area contributed by atoms with Gasteiger partial charge in [-0.05, 0) is 60.0 Å². The molecule has 1 atom stereocenters. The fourth-order valence-corrected chi connectivity index (χ4v) is 4.58. The fourth-order valence-electron chi connectivity index (χ4n) is 4.42. The van der Waals surface area contributed by atoms with Gasteiger partial charge >= 0.3 is 0 Å². The fraction of sp³-hybridized carbons (Fsp3) is 0.154. The normalized spacial score (nSPS) is 14.9. The number of methoxy groups -OCH3 is 1. The number of hydrogen-bond acceptors (Lipinski definition) is 5. The number of phenols is 2. The van der Waals surface area contributed by atoms with Crippen LogP contribution in [0.3, 0.4) is 0 Å². The Kier molecular flexibility index (Phi) is 5.61. The van der Waals surface area contributed by atoms with Gasteiger partial charge in [-0.1, -0.05) is 29.8 Å². The highest BCUT2D eigenvalue weighted by Gasteiger charge is 2.42. The van der Waals surface area contributed by atoms with Gasteiger partial charge in [0.25, 0.3) is 5.91 Å². The Morgan fingerprint density at radius 2 is 1.86 bits per heavy atom. The van der Waals surface area contributed by atoms with Gasteiger partial charge in [-0.25, -0.2) is 4.39 Å². The second-order valence-electron chi connectivity index (χ2n) is 8.37. The van der Waals surface area contributed by atoms with Crippen LogP contribution < -0.4 is 4.74 Å². The van der Waals surface area contributed by atoms with Crippen molar-refractivity contribution in [3.63, 3.8) is 0 Å². The van der Waals surface area contributed by atoms with E-state index in [0.29, 0.717) is 33.0 Å². The van der Waals surface area contributed by atoms with Crippen molar-refractivity contribution in [2.45, 2.75) is 19.5 Å². The third-order valence-electron chi connectivity index (χ3n) is 6.18. The minimum Gasteiger partial charge on any atom is -0.507 e. The summed E-state index contributed by atoms with van der Waals surface area (Å²) in [7, 11) is 1.44. The molecule has 1 aromatic heterocycles. The molecule has 0 saturated heterocycles. The summed E-state index contributed by atoms with van der Waals surface area (Å²) in [6.07, 6.45) is 0. The van der Waals surface area contributed by atoms with Gasteiger partial charge in [-0.2, -0.15) is 5.10 Å². The number of aryl methyl sites for hydroxylation is 1. The summed E-state index contributed by atoms with van der Waals surface area (Å²) in [5.74, 6) is -0.493. The van der Waals surface area contributed by atoms with Crippen molar-refractivity contribution in [1.29, 1.82) is 0 Å². The summed E-state index contributed by atoms with van der Waals surface area (Å²) in [4.78, 5) is 15.2. The minimum absolute atomic E-state index is 0.0207. The summed E-state index contributed by atoms with van der Waals surface area (Å²) in [5, 5.41) is 28.4. The number of aromatic nitrogens is 2. The van der Waals surface area contributed by atoms with Gasteiger partial charge in [0.2, 0.25) is 0 Å². The highest BCUT2D eigenvalue weighted by molar-refractivity contribution is 6.31. The van der Waals surface area contributed by atoms with Crippen molar-refractivity contribution >= 4 is 17.5 Å². The quantitative estimate of drug-likeness (QED) is 0.348. The van der Waals surface area contributed by atoms with Crippen molar-refractivity contribution in [3.05, 3.63) is 93.4 Å². The molecule has 1 aliphatic rings.